The molecule has 1 rings (SSSR count). The van der Waals surface area contributed by atoms with Crippen LogP contribution in [-0.2, 0) is 4.79 Å². The number of carboxylic acid groups (broad SMARTS) is 1. The molecule has 0 aromatic carbocycles. The van der Waals surface area contributed by atoms with Crippen molar-refractivity contribution < 1.29 is 14.7 Å². The molecule has 0 saturated carbocycles. The fraction of sp³-hybridized carbons (Fsp3) is 0.300. The van der Waals surface area contributed by atoms with Crippen LogP contribution < -0.4 is 0 Å². The van der Waals surface area contributed by atoms with Gasteiger partial charge in [-0.25, -0.2) is 0 Å². The predicted molar refractivity (Wildman–Crippen MR) is 58.6 cm³/mol. The highest BCUT2D eigenvalue weighted by Gasteiger charge is 2.17. The zero-order chi connectivity index (χ0) is 12.3. The summed E-state index contributed by atoms with van der Waals surface area (Å²) >= 11 is 5.87. The van der Waals surface area contributed by atoms with Crippen LogP contribution in [0.4, 0.5) is 0 Å². The number of hydrogen-bond acceptors (Lipinski definition) is 3. The summed E-state index contributed by atoms with van der Waals surface area (Å²) in [5, 5.41) is 8.82. The molecule has 0 fully saturated rings. The molecule has 6 heteroatoms. The van der Waals surface area contributed by atoms with Gasteiger partial charge in [-0.2, -0.15) is 0 Å². The molecule has 0 aliphatic rings. The Balaban J connectivity index is 2.92. The van der Waals surface area contributed by atoms with Crippen molar-refractivity contribution in [2.24, 2.45) is 0 Å². The fourth-order valence-electron chi connectivity index (χ4n) is 1.16. The summed E-state index contributed by atoms with van der Waals surface area (Å²) in [6, 6.07) is 1.56. The molecule has 0 radical (unpaired) electrons. The van der Waals surface area contributed by atoms with Gasteiger partial charge in [0.2, 0.25) is 0 Å². The standard InChI is InChI=1S/C10H11ClN2O3/c1-6-3-8(11)7(4-12-6)10(16)13(2)5-9(14)15/h3-4H,5H2,1-2H3,(H,14,15). The summed E-state index contributed by atoms with van der Waals surface area (Å²) in [5.41, 5.74) is 0.901. The summed E-state index contributed by atoms with van der Waals surface area (Å²) in [7, 11) is 1.40. The van der Waals surface area contributed by atoms with Crippen LogP contribution in [-0.4, -0.2) is 40.5 Å². The first-order valence-corrected chi connectivity index (χ1v) is 4.89. The number of carboxylic acids is 1. The van der Waals surface area contributed by atoms with Gasteiger partial charge in [-0.3, -0.25) is 14.6 Å². The summed E-state index contributed by atoms with van der Waals surface area (Å²) in [4.78, 5) is 27.2. The van der Waals surface area contributed by atoms with Crippen LogP contribution in [0, 0.1) is 6.92 Å². The highest BCUT2D eigenvalue weighted by Crippen LogP contribution is 2.17. The van der Waals surface area contributed by atoms with E-state index in [0.717, 1.165) is 4.90 Å². The fourth-order valence-corrected chi connectivity index (χ4v) is 1.45. The number of carbonyl (C=O) groups is 2. The maximum absolute atomic E-state index is 11.8. The number of pyridine rings is 1. The number of halogens is 1. The lowest BCUT2D eigenvalue weighted by atomic mass is 10.2. The van der Waals surface area contributed by atoms with Gasteiger partial charge in [0.15, 0.2) is 0 Å². The van der Waals surface area contributed by atoms with Gasteiger partial charge >= 0.3 is 5.97 Å². The van der Waals surface area contributed by atoms with Crippen LogP contribution in [0.2, 0.25) is 5.02 Å². The van der Waals surface area contributed by atoms with E-state index in [2.05, 4.69) is 4.98 Å². The van der Waals surface area contributed by atoms with Gasteiger partial charge in [0, 0.05) is 18.9 Å². The van der Waals surface area contributed by atoms with E-state index < -0.39 is 11.9 Å². The van der Waals surface area contributed by atoms with Crippen molar-refractivity contribution in [1.29, 1.82) is 0 Å². The van der Waals surface area contributed by atoms with Crippen LogP contribution in [0.15, 0.2) is 12.3 Å². The first kappa shape index (κ1) is 12.4. The average molecular weight is 243 g/mol. The van der Waals surface area contributed by atoms with Gasteiger partial charge in [-0.15, -0.1) is 0 Å². The predicted octanol–water partition coefficient (Wildman–Crippen LogP) is 1.20. The Hall–Kier alpha value is -1.62. The molecule has 0 aliphatic heterocycles. The molecule has 0 spiro atoms. The van der Waals surface area contributed by atoms with E-state index in [4.69, 9.17) is 16.7 Å². The van der Waals surface area contributed by atoms with Crippen LogP contribution in [0.5, 0.6) is 0 Å². The van der Waals surface area contributed by atoms with Crippen molar-refractivity contribution in [2.45, 2.75) is 6.92 Å². The lowest BCUT2D eigenvalue weighted by molar-refractivity contribution is -0.137. The molecule has 0 aliphatic carbocycles. The van der Waals surface area contributed by atoms with E-state index in [1.165, 1.54) is 13.2 Å². The molecule has 0 atom stereocenters. The number of likely N-dealkylation sites (N-methyl/N-ethyl adjacent to an activating group) is 1. The molecule has 1 amide bonds. The molecule has 1 aromatic rings. The van der Waals surface area contributed by atoms with E-state index in [1.54, 1.807) is 13.0 Å². The third-order valence-electron chi connectivity index (χ3n) is 1.94. The minimum absolute atomic E-state index is 0.205. The van der Waals surface area contributed by atoms with E-state index in [-0.39, 0.29) is 17.1 Å². The second-order valence-corrected chi connectivity index (χ2v) is 3.77. The van der Waals surface area contributed by atoms with Gasteiger partial charge < -0.3 is 10.0 Å². The van der Waals surface area contributed by atoms with E-state index in [9.17, 15) is 9.59 Å². The van der Waals surface area contributed by atoms with Crippen LogP contribution in [0.1, 0.15) is 16.1 Å². The molecule has 16 heavy (non-hydrogen) atoms. The number of aromatic nitrogens is 1. The first-order chi connectivity index (χ1) is 7.41. The maximum Gasteiger partial charge on any atom is 0.323 e. The Labute approximate surface area is 97.7 Å². The van der Waals surface area contributed by atoms with E-state index in [1.807, 2.05) is 0 Å². The Kier molecular flexibility index (Phi) is 3.84. The summed E-state index contributed by atoms with van der Waals surface area (Å²) in [6.07, 6.45) is 1.35. The molecule has 5 nitrogen and oxygen atoms in total. The Morgan fingerprint density at radius 1 is 1.56 bits per heavy atom. The lowest BCUT2D eigenvalue weighted by Crippen LogP contribution is -2.32. The SMILES string of the molecule is Cc1cc(Cl)c(C(=O)N(C)CC(=O)O)cn1. The molecule has 1 heterocycles. The average Bonchev–Trinajstić information content (AvgIpc) is 2.15. The van der Waals surface area contributed by atoms with Gasteiger partial charge in [0.1, 0.15) is 6.54 Å². The van der Waals surface area contributed by atoms with Crippen molar-refractivity contribution in [3.8, 4) is 0 Å². The second kappa shape index (κ2) is 4.94. The maximum atomic E-state index is 11.8. The highest BCUT2D eigenvalue weighted by atomic mass is 35.5. The first-order valence-electron chi connectivity index (χ1n) is 4.51. The van der Waals surface area contributed by atoms with Crippen molar-refractivity contribution in [3.05, 3.63) is 28.5 Å². The number of carbonyl (C=O) groups excluding carboxylic acids is 1. The molecule has 0 saturated heterocycles. The third kappa shape index (κ3) is 2.93. The van der Waals surface area contributed by atoms with E-state index >= 15 is 0 Å². The summed E-state index contributed by atoms with van der Waals surface area (Å²) < 4.78 is 0. The molecule has 1 aromatic heterocycles. The number of aliphatic carboxylic acids is 1. The molecule has 86 valence electrons. The Morgan fingerprint density at radius 2 is 2.19 bits per heavy atom. The third-order valence-corrected chi connectivity index (χ3v) is 2.25. The quantitative estimate of drug-likeness (QED) is 0.865. The van der Waals surface area contributed by atoms with E-state index in [0.29, 0.717) is 5.69 Å². The number of rotatable bonds is 3. The summed E-state index contributed by atoms with van der Waals surface area (Å²) in [5.74, 6) is -1.54. The molecule has 0 unspecified atom stereocenters. The van der Waals surface area contributed by atoms with Crippen molar-refractivity contribution in [2.75, 3.05) is 13.6 Å². The van der Waals surface area contributed by atoms with Crippen LogP contribution in [0.25, 0.3) is 0 Å². The van der Waals surface area contributed by atoms with Crippen molar-refractivity contribution in [1.82, 2.24) is 9.88 Å². The number of aryl methyl sites for hydroxylation is 1. The smallest absolute Gasteiger partial charge is 0.323 e. The molecule has 0 bridgehead atoms. The van der Waals surface area contributed by atoms with Gasteiger partial charge in [-0.1, -0.05) is 11.6 Å². The van der Waals surface area contributed by atoms with Crippen molar-refractivity contribution in [3.63, 3.8) is 0 Å². The van der Waals surface area contributed by atoms with Crippen LogP contribution in [0.3, 0.4) is 0 Å². The number of amides is 1. The Bertz CT molecular complexity index is 434. The summed E-state index contributed by atoms with van der Waals surface area (Å²) in [6.45, 7) is 1.38. The van der Waals surface area contributed by atoms with Gasteiger partial charge in [0.05, 0.1) is 10.6 Å². The monoisotopic (exact) mass is 242 g/mol. The minimum atomic E-state index is -1.08. The highest BCUT2D eigenvalue weighted by molar-refractivity contribution is 6.33. The lowest BCUT2D eigenvalue weighted by Gasteiger charge is -2.15. The molecular weight excluding hydrogens is 232 g/mol. The number of hydrogen-bond donors (Lipinski definition) is 1. The largest absolute Gasteiger partial charge is 0.480 e. The Morgan fingerprint density at radius 3 is 2.69 bits per heavy atom. The van der Waals surface area contributed by atoms with Crippen molar-refractivity contribution >= 4 is 23.5 Å². The van der Waals surface area contributed by atoms with Crippen LogP contribution >= 0.6 is 11.6 Å². The van der Waals surface area contributed by atoms with Gasteiger partial charge in [-0.05, 0) is 13.0 Å². The normalized spacial score (nSPS) is 9.94. The van der Waals surface area contributed by atoms with Gasteiger partial charge in [0.25, 0.3) is 5.91 Å². The minimum Gasteiger partial charge on any atom is -0.480 e. The molecular formula is C10H11ClN2O3. The second-order valence-electron chi connectivity index (χ2n) is 3.36. The topological polar surface area (TPSA) is 70.5 Å². The number of nitrogens with zero attached hydrogens (tertiary/aromatic N) is 2. The zero-order valence-corrected chi connectivity index (χ0v) is 9.65. The molecule has 1 N–H and O–H groups in total. The zero-order valence-electron chi connectivity index (χ0n) is 8.90.